The fourth-order valence-electron chi connectivity index (χ4n) is 3.15. The van der Waals surface area contributed by atoms with Gasteiger partial charge < -0.3 is 19.7 Å². The van der Waals surface area contributed by atoms with E-state index in [2.05, 4.69) is 0 Å². The number of benzene rings is 1. The lowest BCUT2D eigenvalue weighted by atomic mass is 9.76. The fraction of sp³-hybridized carbons (Fsp3) is 0.600. The Bertz CT molecular complexity index is 447. The van der Waals surface area contributed by atoms with Crippen LogP contribution in [-0.4, -0.2) is 29.2 Å². The van der Waals surface area contributed by atoms with Gasteiger partial charge in [0.2, 0.25) is 0 Å². The summed E-state index contributed by atoms with van der Waals surface area (Å²) in [7, 11) is 0. The summed E-state index contributed by atoms with van der Waals surface area (Å²) in [6, 6.07) is 5.29. The Morgan fingerprint density at radius 3 is 2.21 bits per heavy atom. The molecule has 2 N–H and O–H groups in total. The van der Waals surface area contributed by atoms with Crippen LogP contribution < -0.4 is 0 Å². The zero-order valence-corrected chi connectivity index (χ0v) is 11.2. The molecule has 2 aliphatic rings. The molecule has 1 spiro atoms. The number of ether oxygens (including phenoxy) is 2. The van der Waals surface area contributed by atoms with Crippen molar-refractivity contribution in [2.24, 2.45) is 0 Å². The van der Waals surface area contributed by atoms with Crippen molar-refractivity contribution in [3.63, 3.8) is 0 Å². The molecule has 0 unspecified atom stereocenters. The molecule has 0 atom stereocenters. The first-order chi connectivity index (χ1) is 9.01. The first kappa shape index (κ1) is 12.9. The van der Waals surface area contributed by atoms with Gasteiger partial charge in [-0.15, -0.1) is 0 Å². The highest BCUT2D eigenvalue weighted by Gasteiger charge is 2.46. The van der Waals surface area contributed by atoms with Crippen molar-refractivity contribution in [3.05, 3.63) is 29.3 Å². The van der Waals surface area contributed by atoms with Crippen LogP contribution in [0.2, 0.25) is 0 Å². The van der Waals surface area contributed by atoms with Gasteiger partial charge in [0, 0.05) is 12.8 Å². The standard InChI is InChI=1S/C15H20O4/c1-11-8-12(10-13(16)9-11)14(17)2-4-15(5-3-14)18-6-7-19-15/h8-10,16-17H,2-7H2,1H3. The predicted molar refractivity (Wildman–Crippen MR) is 69.8 cm³/mol. The third-order valence-corrected chi connectivity index (χ3v) is 4.25. The summed E-state index contributed by atoms with van der Waals surface area (Å²) in [5.41, 5.74) is 0.860. The van der Waals surface area contributed by atoms with Crippen LogP contribution in [0.1, 0.15) is 36.8 Å². The zero-order valence-electron chi connectivity index (χ0n) is 11.2. The average molecular weight is 264 g/mol. The van der Waals surface area contributed by atoms with Crippen LogP contribution in [0.15, 0.2) is 18.2 Å². The molecular weight excluding hydrogens is 244 g/mol. The highest BCUT2D eigenvalue weighted by atomic mass is 16.7. The van der Waals surface area contributed by atoms with Gasteiger partial charge in [0.25, 0.3) is 0 Å². The monoisotopic (exact) mass is 264 g/mol. The van der Waals surface area contributed by atoms with E-state index in [9.17, 15) is 10.2 Å². The summed E-state index contributed by atoms with van der Waals surface area (Å²) in [5, 5.41) is 20.5. The van der Waals surface area contributed by atoms with Crippen LogP contribution >= 0.6 is 0 Å². The number of phenols is 1. The smallest absolute Gasteiger partial charge is 0.168 e. The SMILES string of the molecule is Cc1cc(O)cc(C2(O)CCC3(CC2)OCCO3)c1. The van der Waals surface area contributed by atoms with Crippen molar-refractivity contribution in [1.82, 2.24) is 0 Å². The maximum absolute atomic E-state index is 10.8. The second-order valence-electron chi connectivity index (χ2n) is 5.70. The van der Waals surface area contributed by atoms with E-state index in [1.165, 1.54) is 0 Å². The Morgan fingerprint density at radius 2 is 1.63 bits per heavy atom. The van der Waals surface area contributed by atoms with Crippen LogP contribution in [0.25, 0.3) is 0 Å². The van der Waals surface area contributed by atoms with E-state index in [1.807, 2.05) is 13.0 Å². The van der Waals surface area contributed by atoms with Crippen molar-refractivity contribution in [1.29, 1.82) is 0 Å². The van der Waals surface area contributed by atoms with Gasteiger partial charge in [-0.2, -0.15) is 0 Å². The van der Waals surface area contributed by atoms with Crippen molar-refractivity contribution in [2.45, 2.75) is 44.0 Å². The molecule has 4 heteroatoms. The summed E-state index contributed by atoms with van der Waals surface area (Å²) in [5.74, 6) is -0.268. The van der Waals surface area contributed by atoms with Crippen molar-refractivity contribution < 1.29 is 19.7 Å². The van der Waals surface area contributed by atoms with E-state index < -0.39 is 11.4 Å². The van der Waals surface area contributed by atoms with Crippen LogP contribution in [-0.2, 0) is 15.1 Å². The third-order valence-electron chi connectivity index (χ3n) is 4.25. The Balaban J connectivity index is 1.81. The topological polar surface area (TPSA) is 58.9 Å². The van der Waals surface area contributed by atoms with Crippen molar-refractivity contribution in [3.8, 4) is 5.75 Å². The Hall–Kier alpha value is -1.10. The third kappa shape index (κ3) is 2.36. The minimum atomic E-state index is -0.885. The van der Waals surface area contributed by atoms with E-state index in [1.54, 1.807) is 12.1 Å². The van der Waals surface area contributed by atoms with Crippen LogP contribution in [0.3, 0.4) is 0 Å². The summed E-state index contributed by atoms with van der Waals surface area (Å²) >= 11 is 0. The number of phenolic OH excluding ortho intramolecular Hbond substituents is 1. The van der Waals surface area contributed by atoms with Gasteiger partial charge in [-0.05, 0) is 43.0 Å². The second kappa shape index (κ2) is 4.47. The molecule has 1 saturated carbocycles. The second-order valence-corrected chi connectivity index (χ2v) is 5.70. The van der Waals surface area contributed by atoms with E-state index in [0.29, 0.717) is 38.9 Å². The summed E-state index contributed by atoms with van der Waals surface area (Å²) in [6.07, 6.45) is 2.57. The first-order valence-electron chi connectivity index (χ1n) is 6.83. The summed E-state index contributed by atoms with van der Waals surface area (Å²) in [4.78, 5) is 0. The Kier molecular flexibility index (Phi) is 3.04. The molecule has 1 aliphatic carbocycles. The minimum Gasteiger partial charge on any atom is -0.508 e. The van der Waals surface area contributed by atoms with E-state index in [4.69, 9.17) is 9.47 Å². The molecule has 1 aromatic carbocycles. The number of hydrogen-bond donors (Lipinski definition) is 2. The van der Waals surface area contributed by atoms with E-state index in [0.717, 1.165) is 11.1 Å². The van der Waals surface area contributed by atoms with Gasteiger partial charge in [-0.25, -0.2) is 0 Å². The Morgan fingerprint density at radius 1 is 1.00 bits per heavy atom. The summed E-state index contributed by atoms with van der Waals surface area (Å²) < 4.78 is 11.4. The van der Waals surface area contributed by atoms with Gasteiger partial charge in [0.15, 0.2) is 5.79 Å². The van der Waals surface area contributed by atoms with Crippen LogP contribution in [0.4, 0.5) is 0 Å². The number of aliphatic hydroxyl groups is 1. The molecule has 1 aromatic rings. The van der Waals surface area contributed by atoms with Crippen molar-refractivity contribution in [2.75, 3.05) is 13.2 Å². The van der Waals surface area contributed by atoms with Crippen molar-refractivity contribution >= 4 is 0 Å². The largest absolute Gasteiger partial charge is 0.508 e. The molecule has 104 valence electrons. The Labute approximate surface area is 113 Å². The van der Waals surface area contributed by atoms with Crippen LogP contribution in [0, 0.1) is 6.92 Å². The van der Waals surface area contributed by atoms with Gasteiger partial charge in [0.1, 0.15) is 5.75 Å². The predicted octanol–water partition coefficient (Wildman–Crippen LogP) is 2.21. The fourth-order valence-corrected chi connectivity index (χ4v) is 3.15. The lowest BCUT2D eigenvalue weighted by Crippen LogP contribution is -2.42. The lowest BCUT2D eigenvalue weighted by Gasteiger charge is -2.40. The molecule has 2 fully saturated rings. The molecule has 1 aliphatic heterocycles. The number of aromatic hydroxyl groups is 1. The maximum Gasteiger partial charge on any atom is 0.168 e. The molecule has 0 aromatic heterocycles. The van der Waals surface area contributed by atoms with E-state index >= 15 is 0 Å². The molecule has 19 heavy (non-hydrogen) atoms. The minimum absolute atomic E-state index is 0.206. The number of hydrogen-bond acceptors (Lipinski definition) is 4. The highest BCUT2D eigenvalue weighted by molar-refractivity contribution is 5.36. The quantitative estimate of drug-likeness (QED) is 0.816. The molecule has 4 nitrogen and oxygen atoms in total. The number of rotatable bonds is 1. The van der Waals surface area contributed by atoms with E-state index in [-0.39, 0.29) is 5.75 Å². The average Bonchev–Trinajstić information content (AvgIpc) is 2.81. The normalized spacial score (nSPS) is 24.7. The molecule has 1 saturated heterocycles. The summed E-state index contributed by atoms with van der Waals surface area (Å²) in [6.45, 7) is 3.20. The molecule has 0 amide bonds. The first-order valence-corrected chi connectivity index (χ1v) is 6.83. The molecular formula is C15H20O4. The van der Waals surface area contributed by atoms with Gasteiger partial charge >= 0.3 is 0 Å². The molecule has 3 rings (SSSR count). The number of aryl methyl sites for hydroxylation is 1. The molecule has 0 radical (unpaired) electrons. The maximum atomic E-state index is 10.8. The molecule has 0 bridgehead atoms. The highest BCUT2D eigenvalue weighted by Crippen LogP contribution is 2.45. The lowest BCUT2D eigenvalue weighted by molar-refractivity contribution is -0.204. The van der Waals surface area contributed by atoms with Crippen LogP contribution in [0.5, 0.6) is 5.75 Å². The zero-order chi connectivity index (χ0) is 13.5. The van der Waals surface area contributed by atoms with Gasteiger partial charge in [-0.1, -0.05) is 6.07 Å². The van der Waals surface area contributed by atoms with Gasteiger partial charge in [-0.3, -0.25) is 0 Å². The molecule has 1 heterocycles. The van der Waals surface area contributed by atoms with Gasteiger partial charge in [0.05, 0.1) is 18.8 Å².